The summed E-state index contributed by atoms with van der Waals surface area (Å²) >= 11 is 1.66. The number of nitrogens with zero attached hydrogens (tertiary/aromatic N) is 3. The molecule has 0 unspecified atom stereocenters. The second-order valence-corrected chi connectivity index (χ2v) is 4.08. The Morgan fingerprint density at radius 1 is 1.35 bits per heavy atom. The lowest BCUT2D eigenvalue weighted by Crippen LogP contribution is -2.13. The topological polar surface area (TPSA) is 98.0 Å². The molecule has 7 nitrogen and oxygen atoms in total. The molecule has 17 heavy (non-hydrogen) atoms. The van der Waals surface area contributed by atoms with Crippen molar-refractivity contribution < 1.29 is 4.74 Å². The first kappa shape index (κ1) is 11.6. The molecule has 8 heteroatoms. The van der Waals surface area contributed by atoms with E-state index in [4.69, 9.17) is 10.6 Å². The summed E-state index contributed by atoms with van der Waals surface area (Å²) in [6.45, 7) is 0.648. The van der Waals surface area contributed by atoms with Crippen molar-refractivity contribution in [1.29, 1.82) is 0 Å². The quantitative estimate of drug-likeness (QED) is 0.535. The Kier molecular flexibility index (Phi) is 3.68. The van der Waals surface area contributed by atoms with Crippen LogP contribution in [0.25, 0.3) is 0 Å². The van der Waals surface area contributed by atoms with Gasteiger partial charge in [-0.05, 0) is 11.4 Å². The molecule has 4 N–H and O–H groups in total. The SMILES string of the molecule is COc1nc(NN)nc(NCc2cccs2)n1. The predicted molar refractivity (Wildman–Crippen MR) is 65.8 cm³/mol. The molecule has 0 aliphatic carbocycles. The summed E-state index contributed by atoms with van der Waals surface area (Å²) in [6.07, 6.45) is 0. The number of aromatic nitrogens is 3. The van der Waals surface area contributed by atoms with Gasteiger partial charge in [0.2, 0.25) is 11.9 Å². The summed E-state index contributed by atoms with van der Waals surface area (Å²) in [7, 11) is 1.48. The summed E-state index contributed by atoms with van der Waals surface area (Å²) in [5.74, 6) is 5.92. The highest BCUT2D eigenvalue weighted by molar-refractivity contribution is 7.09. The number of nitrogens with one attached hydrogen (secondary N) is 2. The standard InChI is InChI=1S/C9H12N6OS/c1-16-9-13-7(12-8(14-9)15-10)11-5-6-3-2-4-17-6/h2-4H,5,10H2,1H3,(H2,11,12,13,14,15). The molecule has 2 rings (SSSR count). The number of hydrogen-bond acceptors (Lipinski definition) is 8. The Bertz CT molecular complexity index is 452. The monoisotopic (exact) mass is 252 g/mol. The fourth-order valence-electron chi connectivity index (χ4n) is 1.17. The van der Waals surface area contributed by atoms with Gasteiger partial charge in [0.15, 0.2) is 0 Å². The molecule has 0 bridgehead atoms. The lowest BCUT2D eigenvalue weighted by atomic mass is 10.5. The van der Waals surface area contributed by atoms with Gasteiger partial charge in [0.1, 0.15) is 0 Å². The fraction of sp³-hybridized carbons (Fsp3) is 0.222. The van der Waals surface area contributed by atoms with Crippen molar-refractivity contribution in [1.82, 2.24) is 15.0 Å². The molecular formula is C9H12N6OS. The third-order valence-electron chi connectivity index (χ3n) is 1.93. The highest BCUT2D eigenvalue weighted by atomic mass is 32.1. The molecule has 0 radical (unpaired) electrons. The summed E-state index contributed by atoms with van der Waals surface area (Å²) in [5, 5.41) is 5.08. The summed E-state index contributed by atoms with van der Waals surface area (Å²) in [6, 6.07) is 4.22. The van der Waals surface area contributed by atoms with Gasteiger partial charge < -0.3 is 10.1 Å². The number of ether oxygens (including phenoxy) is 1. The van der Waals surface area contributed by atoms with Gasteiger partial charge in [-0.15, -0.1) is 11.3 Å². The van der Waals surface area contributed by atoms with Gasteiger partial charge >= 0.3 is 6.01 Å². The van der Waals surface area contributed by atoms with Gasteiger partial charge in [-0.3, -0.25) is 5.43 Å². The molecule has 2 heterocycles. The Hall–Kier alpha value is -1.93. The van der Waals surface area contributed by atoms with Crippen LogP contribution in [-0.4, -0.2) is 22.1 Å². The van der Waals surface area contributed by atoms with Crippen molar-refractivity contribution in [3.8, 4) is 6.01 Å². The molecule has 0 atom stereocenters. The zero-order valence-corrected chi connectivity index (χ0v) is 9.99. The van der Waals surface area contributed by atoms with Crippen LogP contribution < -0.4 is 21.3 Å². The normalized spacial score (nSPS) is 10.0. The van der Waals surface area contributed by atoms with E-state index in [2.05, 4.69) is 25.7 Å². The highest BCUT2D eigenvalue weighted by Gasteiger charge is 2.05. The van der Waals surface area contributed by atoms with E-state index >= 15 is 0 Å². The van der Waals surface area contributed by atoms with E-state index in [1.54, 1.807) is 11.3 Å². The number of rotatable bonds is 5. The minimum absolute atomic E-state index is 0.210. The van der Waals surface area contributed by atoms with Gasteiger partial charge in [-0.1, -0.05) is 6.07 Å². The van der Waals surface area contributed by atoms with Crippen LogP contribution in [-0.2, 0) is 6.54 Å². The molecule has 0 aliphatic rings. The Morgan fingerprint density at radius 3 is 2.82 bits per heavy atom. The van der Waals surface area contributed by atoms with E-state index in [0.29, 0.717) is 12.5 Å². The maximum Gasteiger partial charge on any atom is 0.322 e. The summed E-state index contributed by atoms with van der Waals surface area (Å²) in [4.78, 5) is 13.2. The zero-order chi connectivity index (χ0) is 12.1. The molecule has 90 valence electrons. The van der Waals surface area contributed by atoms with Crippen molar-refractivity contribution in [2.45, 2.75) is 6.54 Å². The zero-order valence-electron chi connectivity index (χ0n) is 9.17. The van der Waals surface area contributed by atoms with E-state index in [1.165, 1.54) is 12.0 Å². The second-order valence-electron chi connectivity index (χ2n) is 3.05. The van der Waals surface area contributed by atoms with E-state index in [0.717, 1.165) is 0 Å². The second kappa shape index (κ2) is 5.41. The third kappa shape index (κ3) is 3.02. The molecule has 0 fully saturated rings. The smallest absolute Gasteiger partial charge is 0.322 e. The number of hydrogen-bond donors (Lipinski definition) is 3. The average Bonchev–Trinajstić information content (AvgIpc) is 2.89. The van der Waals surface area contributed by atoms with Crippen molar-refractivity contribution in [3.05, 3.63) is 22.4 Å². The van der Waals surface area contributed by atoms with Crippen molar-refractivity contribution in [2.75, 3.05) is 17.9 Å². The minimum atomic E-state index is 0.210. The van der Waals surface area contributed by atoms with E-state index in [1.807, 2.05) is 17.5 Å². The number of nitrogens with two attached hydrogens (primary N) is 1. The van der Waals surface area contributed by atoms with Crippen molar-refractivity contribution in [2.24, 2.45) is 5.84 Å². The molecule has 0 amide bonds. The van der Waals surface area contributed by atoms with E-state index in [9.17, 15) is 0 Å². The van der Waals surface area contributed by atoms with Gasteiger partial charge in [0.25, 0.3) is 0 Å². The molecule has 2 aromatic heterocycles. The van der Waals surface area contributed by atoms with Crippen LogP contribution in [0.15, 0.2) is 17.5 Å². The summed E-state index contributed by atoms with van der Waals surface area (Å²) in [5.41, 5.74) is 2.36. The Morgan fingerprint density at radius 2 is 2.18 bits per heavy atom. The van der Waals surface area contributed by atoms with E-state index in [-0.39, 0.29) is 12.0 Å². The largest absolute Gasteiger partial charge is 0.467 e. The van der Waals surface area contributed by atoms with Gasteiger partial charge in [0.05, 0.1) is 13.7 Å². The fourth-order valence-corrected chi connectivity index (χ4v) is 1.82. The van der Waals surface area contributed by atoms with Crippen molar-refractivity contribution in [3.63, 3.8) is 0 Å². The van der Waals surface area contributed by atoms with Crippen LogP contribution in [0.3, 0.4) is 0 Å². The molecule has 2 aromatic rings. The number of thiophene rings is 1. The summed E-state index contributed by atoms with van der Waals surface area (Å²) < 4.78 is 4.94. The van der Waals surface area contributed by atoms with Crippen LogP contribution in [0.2, 0.25) is 0 Å². The lowest BCUT2D eigenvalue weighted by Gasteiger charge is -2.06. The Labute approximate surface area is 102 Å². The molecule has 0 spiro atoms. The van der Waals surface area contributed by atoms with Gasteiger partial charge in [-0.2, -0.15) is 15.0 Å². The van der Waals surface area contributed by atoms with Crippen LogP contribution >= 0.6 is 11.3 Å². The van der Waals surface area contributed by atoms with Crippen LogP contribution in [0.5, 0.6) is 6.01 Å². The molecule has 0 saturated carbocycles. The van der Waals surface area contributed by atoms with Crippen LogP contribution in [0.4, 0.5) is 11.9 Å². The number of anilines is 2. The predicted octanol–water partition coefficient (Wildman–Crippen LogP) is 0.839. The number of hydrazine groups is 1. The Balaban J connectivity index is 2.09. The maximum atomic E-state index is 5.25. The van der Waals surface area contributed by atoms with Crippen LogP contribution in [0, 0.1) is 0 Å². The van der Waals surface area contributed by atoms with Crippen molar-refractivity contribution >= 4 is 23.2 Å². The van der Waals surface area contributed by atoms with E-state index < -0.39 is 0 Å². The van der Waals surface area contributed by atoms with Gasteiger partial charge in [0, 0.05) is 4.88 Å². The maximum absolute atomic E-state index is 5.25. The number of methoxy groups -OCH3 is 1. The molecule has 0 aromatic carbocycles. The van der Waals surface area contributed by atoms with Crippen LogP contribution in [0.1, 0.15) is 4.88 Å². The first-order chi connectivity index (χ1) is 8.31. The first-order valence-electron chi connectivity index (χ1n) is 4.84. The number of nitrogen functional groups attached to an aromatic ring is 1. The minimum Gasteiger partial charge on any atom is -0.467 e. The highest BCUT2D eigenvalue weighted by Crippen LogP contribution is 2.13. The molecular weight excluding hydrogens is 240 g/mol. The molecule has 0 aliphatic heterocycles. The first-order valence-corrected chi connectivity index (χ1v) is 5.72. The van der Waals surface area contributed by atoms with Gasteiger partial charge in [-0.25, -0.2) is 5.84 Å². The average molecular weight is 252 g/mol. The third-order valence-corrected chi connectivity index (χ3v) is 2.80. The lowest BCUT2D eigenvalue weighted by molar-refractivity contribution is 0.379. The molecule has 0 saturated heterocycles.